The maximum Gasteiger partial charge on any atom is 0.282 e. The molecule has 1 aromatic carbocycles. The number of nitrogens with one attached hydrogen (secondary N) is 1. The predicted octanol–water partition coefficient (Wildman–Crippen LogP) is 3.50. The van der Waals surface area contributed by atoms with Gasteiger partial charge in [-0.1, -0.05) is 6.07 Å². The number of aromatic amines is 1. The van der Waals surface area contributed by atoms with E-state index in [1.807, 2.05) is 6.07 Å². The highest BCUT2D eigenvalue weighted by Crippen LogP contribution is 2.33. The average molecular weight is 446 g/mol. The van der Waals surface area contributed by atoms with E-state index in [1.54, 1.807) is 6.07 Å². The zero-order valence-electron chi connectivity index (χ0n) is 16.4. The van der Waals surface area contributed by atoms with Crippen molar-refractivity contribution in [3.63, 3.8) is 0 Å². The molecule has 2 aromatic heterocycles. The number of pyridine rings is 1. The highest BCUT2D eigenvalue weighted by molar-refractivity contribution is 5.80. The molecule has 0 saturated heterocycles. The Kier molecular flexibility index (Phi) is 6.16. The van der Waals surface area contributed by atoms with Gasteiger partial charge in [-0.25, -0.2) is 17.6 Å². The Morgan fingerprint density at radius 2 is 1.84 bits per heavy atom. The summed E-state index contributed by atoms with van der Waals surface area (Å²) in [5, 5.41) is 22.4. The molecule has 3 aromatic rings. The molecule has 0 aliphatic heterocycles. The van der Waals surface area contributed by atoms with Crippen LogP contribution in [-0.4, -0.2) is 21.9 Å². The van der Waals surface area contributed by atoms with Crippen LogP contribution in [0.4, 0.5) is 23.4 Å². The minimum Gasteiger partial charge on any atom is -0.496 e. The first kappa shape index (κ1) is 22.4. The third-order valence-corrected chi connectivity index (χ3v) is 4.63. The molecule has 12 heteroatoms. The lowest BCUT2D eigenvalue weighted by Crippen LogP contribution is -2.16. The van der Waals surface area contributed by atoms with Crippen molar-refractivity contribution in [3.05, 3.63) is 62.7 Å². The number of nitrogens with two attached hydrogens (primary N) is 1. The normalized spacial score (nSPS) is 10.9. The van der Waals surface area contributed by atoms with E-state index in [0.717, 1.165) is 4.68 Å². The minimum atomic E-state index is -3.06. The second-order valence-electron chi connectivity index (χ2n) is 6.50. The van der Waals surface area contributed by atoms with E-state index in [2.05, 4.69) is 10.1 Å². The molecule has 0 spiro atoms. The van der Waals surface area contributed by atoms with E-state index < -0.39 is 29.8 Å². The second kappa shape index (κ2) is 8.81. The van der Waals surface area contributed by atoms with Gasteiger partial charge in [0.2, 0.25) is 0 Å². The Morgan fingerprint density at radius 1 is 1.16 bits per heavy atom. The van der Waals surface area contributed by atoms with Crippen LogP contribution >= 0.6 is 0 Å². The summed E-state index contributed by atoms with van der Waals surface area (Å²) in [6.45, 7) is -0.383. The molecular weight excluding hydrogens is 432 g/mol. The van der Waals surface area contributed by atoms with Gasteiger partial charge in [0.25, 0.3) is 18.4 Å². The Bertz CT molecular complexity index is 1320. The van der Waals surface area contributed by atoms with Crippen molar-refractivity contribution >= 4 is 5.82 Å². The van der Waals surface area contributed by atoms with E-state index in [9.17, 15) is 32.9 Å². The summed E-state index contributed by atoms with van der Waals surface area (Å²) in [4.78, 5) is 14.4. The number of hydrogen-bond donors (Lipinski definition) is 2. The van der Waals surface area contributed by atoms with E-state index >= 15 is 0 Å². The fourth-order valence-corrected chi connectivity index (χ4v) is 3.21. The van der Waals surface area contributed by atoms with Crippen LogP contribution in [0.3, 0.4) is 0 Å². The summed E-state index contributed by atoms with van der Waals surface area (Å²) in [5.74, 6) is -0.0459. The summed E-state index contributed by atoms with van der Waals surface area (Å²) in [5.41, 5.74) is 3.21. The van der Waals surface area contributed by atoms with E-state index in [1.165, 1.54) is 25.3 Å². The Morgan fingerprint density at radius 3 is 2.41 bits per heavy atom. The quantitative estimate of drug-likeness (QED) is 0.557. The van der Waals surface area contributed by atoms with Crippen LogP contribution in [-0.2, 0) is 6.54 Å². The van der Waals surface area contributed by atoms with Gasteiger partial charge >= 0.3 is 0 Å². The van der Waals surface area contributed by atoms with Gasteiger partial charge in [0.1, 0.15) is 46.2 Å². The minimum absolute atomic E-state index is 0.0528. The van der Waals surface area contributed by atoms with Crippen LogP contribution in [0.2, 0.25) is 0 Å². The van der Waals surface area contributed by atoms with Crippen molar-refractivity contribution in [2.24, 2.45) is 0 Å². The largest absolute Gasteiger partial charge is 0.496 e. The first-order chi connectivity index (χ1) is 15.2. The molecule has 0 radical (unpaired) electrons. The Labute approximate surface area is 178 Å². The number of halogens is 4. The van der Waals surface area contributed by atoms with Crippen LogP contribution in [0, 0.1) is 22.7 Å². The number of aromatic nitrogens is 3. The molecular formula is C20H14F4N6O2. The highest BCUT2D eigenvalue weighted by atomic mass is 19.3. The molecule has 0 amide bonds. The zero-order valence-corrected chi connectivity index (χ0v) is 16.4. The van der Waals surface area contributed by atoms with Gasteiger partial charge in [0.15, 0.2) is 0 Å². The van der Waals surface area contributed by atoms with Crippen molar-refractivity contribution in [1.82, 2.24) is 14.8 Å². The Hall–Kier alpha value is -4.32. The van der Waals surface area contributed by atoms with Gasteiger partial charge in [-0.05, 0) is 23.8 Å². The molecule has 0 fully saturated rings. The van der Waals surface area contributed by atoms with Crippen molar-refractivity contribution in [2.45, 2.75) is 19.4 Å². The topological polar surface area (TPSA) is 134 Å². The van der Waals surface area contributed by atoms with Crippen molar-refractivity contribution in [1.29, 1.82) is 10.5 Å². The lowest BCUT2D eigenvalue weighted by molar-refractivity contribution is 0.139. The molecule has 3 rings (SSSR count). The standard InChI is InChI=1S/C20H14F4N6O2/c1-32-15-3-2-9(16-11(6-25)19(27)28-20(31)12(16)7-26)4-10(15)8-30-14(18(23)24)5-13(29-30)17(21)22/h2-5,17-18H,8H2,1H3,(H3,27,28,31). The summed E-state index contributed by atoms with van der Waals surface area (Å²) in [6, 6.07) is 8.41. The Balaban J connectivity index is 2.21. The molecule has 3 N–H and O–H groups in total. The van der Waals surface area contributed by atoms with Crippen molar-refractivity contribution < 1.29 is 22.3 Å². The molecule has 164 valence electrons. The third kappa shape index (κ3) is 3.98. The SMILES string of the molecule is COc1ccc(-c2c(C#N)c(N)[nH]c(=O)c2C#N)cc1Cn1nc(C(F)F)cc1C(F)F. The number of nitriles is 2. The van der Waals surface area contributed by atoms with E-state index in [0.29, 0.717) is 6.07 Å². The van der Waals surface area contributed by atoms with E-state index in [4.69, 9.17) is 10.5 Å². The van der Waals surface area contributed by atoms with Gasteiger partial charge < -0.3 is 15.5 Å². The number of nitrogens with zero attached hydrogens (tertiary/aromatic N) is 4. The number of methoxy groups -OCH3 is 1. The first-order valence-electron chi connectivity index (χ1n) is 8.88. The first-order valence-corrected chi connectivity index (χ1v) is 8.88. The molecule has 8 nitrogen and oxygen atoms in total. The molecule has 0 saturated carbocycles. The van der Waals surface area contributed by atoms with Crippen molar-refractivity contribution in [2.75, 3.05) is 12.8 Å². The second-order valence-corrected chi connectivity index (χ2v) is 6.50. The maximum atomic E-state index is 13.4. The zero-order chi connectivity index (χ0) is 23.6. The number of nitrogen functional groups attached to an aromatic ring is 1. The summed E-state index contributed by atoms with van der Waals surface area (Å²) in [6.07, 6.45) is -6.11. The van der Waals surface area contributed by atoms with Crippen LogP contribution in [0.1, 0.15) is 40.9 Å². The van der Waals surface area contributed by atoms with Gasteiger partial charge in [-0.3, -0.25) is 9.48 Å². The van der Waals surface area contributed by atoms with Gasteiger partial charge in [-0.2, -0.15) is 15.6 Å². The molecule has 0 bridgehead atoms. The van der Waals surface area contributed by atoms with E-state index in [-0.39, 0.29) is 45.9 Å². The molecule has 0 atom stereocenters. The maximum absolute atomic E-state index is 13.4. The molecule has 32 heavy (non-hydrogen) atoms. The molecule has 0 unspecified atom stereocenters. The fraction of sp³-hybridized carbons (Fsp3) is 0.200. The van der Waals surface area contributed by atoms with Crippen LogP contribution < -0.4 is 16.0 Å². The molecule has 2 heterocycles. The number of benzene rings is 1. The monoisotopic (exact) mass is 446 g/mol. The summed E-state index contributed by atoms with van der Waals surface area (Å²) < 4.78 is 58.6. The smallest absolute Gasteiger partial charge is 0.282 e. The lowest BCUT2D eigenvalue weighted by Gasteiger charge is -2.14. The van der Waals surface area contributed by atoms with Gasteiger partial charge in [0.05, 0.1) is 13.7 Å². The summed E-state index contributed by atoms with van der Waals surface area (Å²) in [7, 11) is 1.31. The lowest BCUT2D eigenvalue weighted by atomic mass is 9.95. The average Bonchev–Trinajstić information content (AvgIpc) is 3.18. The van der Waals surface area contributed by atoms with Gasteiger partial charge in [-0.15, -0.1) is 0 Å². The van der Waals surface area contributed by atoms with Gasteiger partial charge in [0, 0.05) is 11.1 Å². The number of anilines is 1. The number of H-pyrrole nitrogens is 1. The molecule has 0 aliphatic rings. The number of alkyl halides is 4. The number of hydrogen-bond acceptors (Lipinski definition) is 6. The number of ether oxygens (including phenoxy) is 1. The fourth-order valence-electron chi connectivity index (χ4n) is 3.21. The number of rotatable bonds is 6. The van der Waals surface area contributed by atoms with Crippen LogP contribution in [0.15, 0.2) is 29.1 Å². The highest BCUT2D eigenvalue weighted by Gasteiger charge is 2.23. The van der Waals surface area contributed by atoms with Crippen LogP contribution in [0.25, 0.3) is 11.1 Å². The van der Waals surface area contributed by atoms with Crippen LogP contribution in [0.5, 0.6) is 5.75 Å². The summed E-state index contributed by atoms with van der Waals surface area (Å²) >= 11 is 0. The molecule has 0 aliphatic carbocycles. The predicted molar refractivity (Wildman–Crippen MR) is 104 cm³/mol. The third-order valence-electron chi connectivity index (χ3n) is 4.63. The van der Waals surface area contributed by atoms with Crippen molar-refractivity contribution in [3.8, 4) is 29.0 Å².